The lowest BCUT2D eigenvalue weighted by molar-refractivity contribution is 0.157. The Hall–Kier alpha value is -1.02. The van der Waals surface area contributed by atoms with Crippen LogP contribution in [0.2, 0.25) is 0 Å². The fraction of sp³-hybridized carbons (Fsp3) is 0.647. The van der Waals surface area contributed by atoms with Crippen LogP contribution in [0.15, 0.2) is 24.3 Å². The Balaban J connectivity index is 1.88. The minimum atomic E-state index is 0.758. The van der Waals surface area contributed by atoms with Crippen LogP contribution in [-0.2, 0) is 6.54 Å². The molecule has 0 atom stereocenters. The maximum Gasteiger partial charge on any atom is 0.119 e. The average molecular weight is 261 g/mol. The van der Waals surface area contributed by atoms with Crippen LogP contribution in [0.3, 0.4) is 0 Å². The predicted molar refractivity (Wildman–Crippen MR) is 80.5 cm³/mol. The van der Waals surface area contributed by atoms with Crippen LogP contribution in [0.25, 0.3) is 0 Å². The number of nitrogens with zero attached hydrogens (tertiary/aromatic N) is 1. The van der Waals surface area contributed by atoms with E-state index in [1.54, 1.807) is 7.11 Å². The molecule has 1 aromatic rings. The van der Waals surface area contributed by atoms with Gasteiger partial charge in [0.25, 0.3) is 0 Å². The van der Waals surface area contributed by atoms with Crippen LogP contribution in [0, 0.1) is 5.92 Å². The summed E-state index contributed by atoms with van der Waals surface area (Å²) in [5.74, 6) is 1.93. The van der Waals surface area contributed by atoms with Crippen molar-refractivity contribution in [2.75, 3.05) is 14.2 Å². The third-order valence-electron chi connectivity index (χ3n) is 4.58. The normalized spacial score (nSPS) is 23.6. The zero-order valence-electron chi connectivity index (χ0n) is 12.6. The number of ether oxygens (including phenoxy) is 1. The Morgan fingerprint density at radius 3 is 2.58 bits per heavy atom. The van der Waals surface area contributed by atoms with Gasteiger partial charge in [0.2, 0.25) is 0 Å². The number of benzene rings is 1. The van der Waals surface area contributed by atoms with E-state index >= 15 is 0 Å². The molecule has 2 heteroatoms. The molecular weight excluding hydrogens is 234 g/mol. The molecule has 0 amide bonds. The summed E-state index contributed by atoms with van der Waals surface area (Å²) in [6.45, 7) is 3.35. The molecule has 0 aromatic heterocycles. The number of hydrogen-bond donors (Lipinski definition) is 0. The summed E-state index contributed by atoms with van der Waals surface area (Å²) in [6, 6.07) is 9.19. The fourth-order valence-corrected chi connectivity index (χ4v) is 3.18. The molecule has 0 aliphatic heterocycles. The van der Waals surface area contributed by atoms with E-state index in [-0.39, 0.29) is 0 Å². The summed E-state index contributed by atoms with van der Waals surface area (Å²) in [6.07, 6.45) is 6.89. The third kappa shape index (κ3) is 3.97. The van der Waals surface area contributed by atoms with Crippen LogP contribution in [-0.4, -0.2) is 25.1 Å². The van der Waals surface area contributed by atoms with E-state index in [0.717, 1.165) is 24.3 Å². The van der Waals surface area contributed by atoms with Crippen molar-refractivity contribution in [1.82, 2.24) is 4.90 Å². The molecule has 1 aliphatic rings. The van der Waals surface area contributed by atoms with E-state index in [0.29, 0.717) is 0 Å². The molecule has 2 rings (SSSR count). The Morgan fingerprint density at radius 2 is 1.95 bits per heavy atom. The van der Waals surface area contributed by atoms with Crippen molar-refractivity contribution in [2.45, 2.75) is 51.6 Å². The van der Waals surface area contributed by atoms with Crippen molar-refractivity contribution in [3.8, 4) is 5.75 Å². The Morgan fingerprint density at radius 1 is 1.21 bits per heavy atom. The molecule has 1 aromatic carbocycles. The quantitative estimate of drug-likeness (QED) is 0.791. The first-order valence-electron chi connectivity index (χ1n) is 7.56. The van der Waals surface area contributed by atoms with Crippen molar-refractivity contribution < 1.29 is 4.74 Å². The van der Waals surface area contributed by atoms with E-state index in [9.17, 15) is 0 Å². The minimum Gasteiger partial charge on any atom is -0.497 e. The molecule has 19 heavy (non-hydrogen) atoms. The van der Waals surface area contributed by atoms with Gasteiger partial charge in [0, 0.05) is 12.6 Å². The highest BCUT2D eigenvalue weighted by Crippen LogP contribution is 2.29. The lowest BCUT2D eigenvalue weighted by Crippen LogP contribution is -2.34. The zero-order valence-corrected chi connectivity index (χ0v) is 12.6. The van der Waals surface area contributed by atoms with Crippen LogP contribution in [0.1, 0.15) is 44.6 Å². The molecule has 0 heterocycles. The number of rotatable bonds is 5. The Bertz CT molecular complexity index is 383. The molecule has 0 spiro atoms. The second kappa shape index (κ2) is 6.95. The zero-order chi connectivity index (χ0) is 13.7. The van der Waals surface area contributed by atoms with E-state index in [1.807, 2.05) is 6.07 Å². The van der Waals surface area contributed by atoms with Crippen LogP contribution in [0.5, 0.6) is 5.75 Å². The van der Waals surface area contributed by atoms with Crippen LogP contribution >= 0.6 is 0 Å². The molecule has 0 saturated heterocycles. The Kier molecular flexibility index (Phi) is 5.26. The van der Waals surface area contributed by atoms with Gasteiger partial charge in [-0.2, -0.15) is 0 Å². The highest BCUT2D eigenvalue weighted by Gasteiger charge is 2.22. The molecule has 1 aliphatic carbocycles. The van der Waals surface area contributed by atoms with Crippen LogP contribution < -0.4 is 4.74 Å². The van der Waals surface area contributed by atoms with Crippen LogP contribution in [0.4, 0.5) is 0 Å². The number of methoxy groups -OCH3 is 1. The lowest BCUT2D eigenvalue weighted by atomic mass is 9.84. The van der Waals surface area contributed by atoms with Gasteiger partial charge in [0.15, 0.2) is 0 Å². The fourth-order valence-electron chi connectivity index (χ4n) is 3.18. The Labute approximate surface area is 117 Å². The second-order valence-corrected chi connectivity index (χ2v) is 5.85. The first-order valence-corrected chi connectivity index (χ1v) is 7.56. The van der Waals surface area contributed by atoms with E-state index < -0.39 is 0 Å². The molecular formula is C17H27NO. The molecule has 2 nitrogen and oxygen atoms in total. The monoisotopic (exact) mass is 261 g/mol. The number of hydrogen-bond acceptors (Lipinski definition) is 2. The van der Waals surface area contributed by atoms with Gasteiger partial charge < -0.3 is 4.74 Å². The first kappa shape index (κ1) is 14.4. The first-order chi connectivity index (χ1) is 9.22. The van der Waals surface area contributed by atoms with E-state index in [2.05, 4.69) is 37.1 Å². The topological polar surface area (TPSA) is 12.5 Å². The molecule has 0 radical (unpaired) electrons. The van der Waals surface area contributed by atoms with Gasteiger partial charge in [-0.3, -0.25) is 4.90 Å². The molecule has 0 N–H and O–H groups in total. The predicted octanol–water partition coefficient (Wildman–Crippen LogP) is 4.10. The summed E-state index contributed by atoms with van der Waals surface area (Å²) in [5.41, 5.74) is 1.35. The minimum absolute atomic E-state index is 0.758. The van der Waals surface area contributed by atoms with Crippen molar-refractivity contribution in [1.29, 1.82) is 0 Å². The van der Waals surface area contributed by atoms with Crippen molar-refractivity contribution >= 4 is 0 Å². The summed E-state index contributed by atoms with van der Waals surface area (Å²) >= 11 is 0. The van der Waals surface area contributed by atoms with Gasteiger partial charge in [-0.25, -0.2) is 0 Å². The molecule has 1 fully saturated rings. The summed E-state index contributed by atoms with van der Waals surface area (Å²) in [7, 11) is 3.99. The molecule has 1 saturated carbocycles. The van der Waals surface area contributed by atoms with Gasteiger partial charge in [0.05, 0.1) is 7.11 Å². The van der Waals surface area contributed by atoms with Gasteiger partial charge in [-0.05, 0) is 56.3 Å². The van der Waals surface area contributed by atoms with E-state index in [4.69, 9.17) is 4.74 Å². The highest BCUT2D eigenvalue weighted by atomic mass is 16.5. The molecule has 106 valence electrons. The smallest absolute Gasteiger partial charge is 0.119 e. The maximum atomic E-state index is 5.29. The van der Waals surface area contributed by atoms with E-state index in [1.165, 1.54) is 37.7 Å². The summed E-state index contributed by atoms with van der Waals surface area (Å²) in [5, 5.41) is 0. The van der Waals surface area contributed by atoms with Crippen molar-refractivity contribution in [3.63, 3.8) is 0 Å². The molecule has 0 unspecified atom stereocenters. The largest absolute Gasteiger partial charge is 0.497 e. The van der Waals surface area contributed by atoms with Crippen molar-refractivity contribution in [3.05, 3.63) is 29.8 Å². The van der Waals surface area contributed by atoms with Crippen molar-refractivity contribution in [2.24, 2.45) is 5.92 Å². The SMILES string of the molecule is CCC1CCC(N(C)Cc2cccc(OC)c2)CC1. The van der Waals surface area contributed by atoms with Gasteiger partial charge in [-0.1, -0.05) is 25.5 Å². The summed E-state index contributed by atoms with van der Waals surface area (Å²) in [4.78, 5) is 2.51. The third-order valence-corrected chi connectivity index (χ3v) is 4.58. The lowest BCUT2D eigenvalue weighted by Gasteiger charge is -2.34. The summed E-state index contributed by atoms with van der Waals surface area (Å²) < 4.78 is 5.29. The average Bonchev–Trinajstić information content (AvgIpc) is 2.47. The second-order valence-electron chi connectivity index (χ2n) is 5.85. The van der Waals surface area contributed by atoms with Gasteiger partial charge in [-0.15, -0.1) is 0 Å². The van der Waals surface area contributed by atoms with Gasteiger partial charge >= 0.3 is 0 Å². The van der Waals surface area contributed by atoms with Gasteiger partial charge in [0.1, 0.15) is 5.75 Å². The molecule has 0 bridgehead atoms. The maximum absolute atomic E-state index is 5.29. The standard InChI is InChI=1S/C17H27NO/c1-4-14-8-10-16(11-9-14)18(2)13-15-6-5-7-17(12-15)19-3/h5-7,12,14,16H,4,8-11,13H2,1-3H3. The highest BCUT2D eigenvalue weighted by molar-refractivity contribution is 5.28.